The molecule has 0 aliphatic rings. The van der Waals surface area contributed by atoms with Crippen LogP contribution in [0.15, 0.2) is 18.2 Å². The van der Waals surface area contributed by atoms with Gasteiger partial charge in [0.05, 0.1) is 22.8 Å². The molecular weight excluding hydrogens is 279 g/mol. The molecule has 0 radical (unpaired) electrons. The first-order valence-corrected chi connectivity index (χ1v) is 5.55. The number of ether oxygens (including phenoxy) is 1. The van der Waals surface area contributed by atoms with E-state index in [-0.39, 0.29) is 11.5 Å². The zero-order valence-electron chi connectivity index (χ0n) is 9.22. The van der Waals surface area contributed by atoms with Gasteiger partial charge in [-0.3, -0.25) is 0 Å². The van der Waals surface area contributed by atoms with E-state index in [2.05, 4.69) is 15.0 Å². The van der Waals surface area contributed by atoms with Crippen LogP contribution in [0.25, 0.3) is 5.69 Å². The van der Waals surface area contributed by atoms with E-state index in [1.165, 1.54) is 11.8 Å². The van der Waals surface area contributed by atoms with Gasteiger partial charge >= 0.3 is 5.97 Å². The highest BCUT2D eigenvalue weighted by atomic mass is 35.5. The first-order chi connectivity index (χ1) is 8.54. The minimum Gasteiger partial charge on any atom is -0.464 e. The first-order valence-electron chi connectivity index (χ1n) is 4.79. The van der Waals surface area contributed by atoms with Gasteiger partial charge in [-0.2, -0.15) is 4.68 Å². The van der Waals surface area contributed by atoms with Crippen molar-refractivity contribution < 1.29 is 9.53 Å². The summed E-state index contributed by atoms with van der Waals surface area (Å²) in [5, 5.41) is 8.18. The molecule has 2 aromatic rings. The summed E-state index contributed by atoms with van der Waals surface area (Å²) in [6, 6.07) is 4.81. The van der Waals surface area contributed by atoms with E-state index in [0.717, 1.165) is 0 Å². The standard InChI is InChI=1S/C10H8Cl2N4O2/c1-18-10(17)8-9(13)16(15-14-8)5-2-3-6(11)7(12)4-5/h2-4H,13H2,1H3. The Morgan fingerprint density at radius 2 is 2.11 bits per heavy atom. The predicted octanol–water partition coefficient (Wildman–Crippen LogP) is 1.94. The highest BCUT2D eigenvalue weighted by Gasteiger charge is 2.18. The molecule has 2 N–H and O–H groups in total. The Balaban J connectivity index is 2.48. The number of benzene rings is 1. The van der Waals surface area contributed by atoms with E-state index in [1.807, 2.05) is 0 Å². The second-order valence-corrected chi connectivity index (χ2v) is 4.14. The van der Waals surface area contributed by atoms with Gasteiger partial charge < -0.3 is 10.5 Å². The Kier molecular flexibility index (Phi) is 3.40. The Morgan fingerprint density at radius 3 is 2.72 bits per heavy atom. The van der Waals surface area contributed by atoms with Crippen LogP contribution in [0.5, 0.6) is 0 Å². The zero-order valence-corrected chi connectivity index (χ0v) is 10.7. The molecule has 1 aromatic heterocycles. The van der Waals surface area contributed by atoms with Crippen molar-refractivity contribution in [1.29, 1.82) is 0 Å². The Bertz CT molecular complexity index is 612. The average Bonchev–Trinajstić information content (AvgIpc) is 2.74. The number of rotatable bonds is 2. The van der Waals surface area contributed by atoms with Crippen LogP contribution >= 0.6 is 23.2 Å². The van der Waals surface area contributed by atoms with E-state index in [4.69, 9.17) is 28.9 Å². The number of halogens is 2. The van der Waals surface area contributed by atoms with E-state index in [9.17, 15) is 4.79 Å². The fourth-order valence-electron chi connectivity index (χ4n) is 1.34. The van der Waals surface area contributed by atoms with Gasteiger partial charge in [0, 0.05) is 0 Å². The highest BCUT2D eigenvalue weighted by molar-refractivity contribution is 6.42. The molecule has 2 rings (SSSR count). The van der Waals surface area contributed by atoms with Gasteiger partial charge in [-0.25, -0.2) is 4.79 Å². The lowest BCUT2D eigenvalue weighted by Crippen LogP contribution is -2.07. The zero-order chi connectivity index (χ0) is 13.3. The molecule has 0 unspecified atom stereocenters. The van der Waals surface area contributed by atoms with Crippen LogP contribution < -0.4 is 5.73 Å². The van der Waals surface area contributed by atoms with Crippen molar-refractivity contribution in [3.8, 4) is 5.69 Å². The van der Waals surface area contributed by atoms with Gasteiger partial charge in [-0.1, -0.05) is 28.4 Å². The van der Waals surface area contributed by atoms with Crippen LogP contribution in [0.4, 0.5) is 5.82 Å². The highest BCUT2D eigenvalue weighted by Crippen LogP contribution is 2.25. The molecule has 0 saturated heterocycles. The Morgan fingerprint density at radius 1 is 1.39 bits per heavy atom. The van der Waals surface area contributed by atoms with Gasteiger partial charge in [-0.05, 0) is 18.2 Å². The van der Waals surface area contributed by atoms with Crippen molar-refractivity contribution in [2.75, 3.05) is 12.8 Å². The number of nitrogen functional groups attached to an aromatic ring is 1. The molecule has 0 amide bonds. The van der Waals surface area contributed by atoms with E-state index >= 15 is 0 Å². The smallest absolute Gasteiger partial charge is 0.362 e. The molecule has 0 bridgehead atoms. The third-order valence-corrected chi connectivity index (χ3v) is 2.97. The Labute approximate surface area is 112 Å². The predicted molar refractivity (Wildman–Crippen MR) is 67.1 cm³/mol. The number of hydrogen-bond acceptors (Lipinski definition) is 5. The third-order valence-electron chi connectivity index (χ3n) is 2.23. The second-order valence-electron chi connectivity index (χ2n) is 3.33. The van der Waals surface area contributed by atoms with Crippen molar-refractivity contribution in [1.82, 2.24) is 15.0 Å². The SMILES string of the molecule is COC(=O)c1nnn(-c2ccc(Cl)c(Cl)c2)c1N. The largest absolute Gasteiger partial charge is 0.464 e. The number of carbonyl (C=O) groups excluding carboxylic acids is 1. The summed E-state index contributed by atoms with van der Waals surface area (Å²) in [7, 11) is 1.24. The maximum Gasteiger partial charge on any atom is 0.362 e. The topological polar surface area (TPSA) is 83.0 Å². The monoisotopic (exact) mass is 286 g/mol. The molecule has 1 aromatic carbocycles. The van der Waals surface area contributed by atoms with Gasteiger partial charge in [0.1, 0.15) is 0 Å². The van der Waals surface area contributed by atoms with Crippen molar-refractivity contribution in [3.05, 3.63) is 33.9 Å². The lowest BCUT2D eigenvalue weighted by molar-refractivity contribution is 0.0595. The maximum absolute atomic E-state index is 11.3. The number of nitrogens with zero attached hydrogens (tertiary/aromatic N) is 3. The minimum absolute atomic E-state index is 0.0522. The molecule has 0 atom stereocenters. The molecule has 94 valence electrons. The molecule has 0 saturated carbocycles. The molecule has 8 heteroatoms. The molecular formula is C10H8Cl2N4O2. The van der Waals surface area contributed by atoms with Crippen LogP contribution in [0.3, 0.4) is 0 Å². The Hall–Kier alpha value is -1.79. The maximum atomic E-state index is 11.3. The van der Waals surface area contributed by atoms with Crippen molar-refractivity contribution >= 4 is 35.0 Å². The number of aromatic nitrogens is 3. The molecule has 0 aliphatic heterocycles. The first kappa shape index (κ1) is 12.7. The summed E-state index contributed by atoms with van der Waals surface area (Å²) < 4.78 is 5.80. The van der Waals surface area contributed by atoms with Crippen molar-refractivity contribution in [2.24, 2.45) is 0 Å². The number of anilines is 1. The van der Waals surface area contributed by atoms with Crippen LogP contribution in [0.2, 0.25) is 10.0 Å². The number of hydrogen-bond donors (Lipinski definition) is 1. The van der Waals surface area contributed by atoms with Gasteiger partial charge in [0.15, 0.2) is 5.82 Å². The normalized spacial score (nSPS) is 10.4. The van der Waals surface area contributed by atoms with E-state index in [1.54, 1.807) is 18.2 Å². The fourth-order valence-corrected chi connectivity index (χ4v) is 1.63. The summed E-state index contributed by atoms with van der Waals surface area (Å²) in [4.78, 5) is 11.3. The number of methoxy groups -OCH3 is 1. The van der Waals surface area contributed by atoms with Crippen LogP contribution in [-0.2, 0) is 4.74 Å². The molecule has 6 nitrogen and oxygen atoms in total. The summed E-state index contributed by atoms with van der Waals surface area (Å²) in [5.74, 6) is -0.584. The van der Waals surface area contributed by atoms with Gasteiger partial charge in [-0.15, -0.1) is 5.10 Å². The summed E-state index contributed by atoms with van der Waals surface area (Å²) >= 11 is 11.7. The van der Waals surface area contributed by atoms with Gasteiger partial charge in [0.2, 0.25) is 5.69 Å². The average molecular weight is 287 g/mol. The molecule has 18 heavy (non-hydrogen) atoms. The molecule has 0 aliphatic carbocycles. The van der Waals surface area contributed by atoms with E-state index in [0.29, 0.717) is 15.7 Å². The number of carbonyl (C=O) groups is 1. The van der Waals surface area contributed by atoms with E-state index < -0.39 is 5.97 Å². The minimum atomic E-state index is -0.654. The second kappa shape index (κ2) is 4.83. The fraction of sp³-hybridized carbons (Fsp3) is 0.100. The summed E-state index contributed by atoms with van der Waals surface area (Å²) in [6.07, 6.45) is 0. The lowest BCUT2D eigenvalue weighted by atomic mass is 10.3. The van der Waals surface area contributed by atoms with Gasteiger partial charge in [0.25, 0.3) is 0 Å². The molecule has 1 heterocycles. The molecule has 0 fully saturated rings. The quantitative estimate of drug-likeness (QED) is 0.853. The lowest BCUT2D eigenvalue weighted by Gasteiger charge is -2.04. The van der Waals surface area contributed by atoms with Crippen LogP contribution in [0, 0.1) is 0 Å². The summed E-state index contributed by atoms with van der Waals surface area (Å²) in [6.45, 7) is 0. The third kappa shape index (κ3) is 2.12. The number of nitrogens with two attached hydrogens (primary N) is 1. The number of esters is 1. The van der Waals surface area contributed by atoms with Crippen LogP contribution in [-0.4, -0.2) is 28.1 Å². The van der Waals surface area contributed by atoms with Crippen molar-refractivity contribution in [3.63, 3.8) is 0 Å². The summed E-state index contributed by atoms with van der Waals surface area (Å²) in [5.41, 5.74) is 6.25. The van der Waals surface area contributed by atoms with Crippen LogP contribution in [0.1, 0.15) is 10.5 Å². The van der Waals surface area contributed by atoms with Crippen molar-refractivity contribution in [2.45, 2.75) is 0 Å². The molecule has 0 spiro atoms.